The van der Waals surface area contributed by atoms with Crippen molar-refractivity contribution in [3.05, 3.63) is 54.1 Å². The number of amides is 2. The van der Waals surface area contributed by atoms with Gasteiger partial charge in [0, 0.05) is 11.6 Å². The first-order chi connectivity index (χ1) is 14.3. The van der Waals surface area contributed by atoms with Crippen molar-refractivity contribution in [2.24, 2.45) is 5.92 Å². The molecule has 0 bridgehead atoms. The fourth-order valence-corrected chi connectivity index (χ4v) is 4.59. The highest BCUT2D eigenvalue weighted by atomic mass is 32.2. The average Bonchev–Trinajstić information content (AvgIpc) is 3.26. The molecule has 1 saturated carbocycles. The summed E-state index contributed by atoms with van der Waals surface area (Å²) in [7, 11) is -3.74. The molecular weight excluding hydrogens is 402 g/mol. The summed E-state index contributed by atoms with van der Waals surface area (Å²) in [5, 5.41) is 5.51. The summed E-state index contributed by atoms with van der Waals surface area (Å²) < 4.78 is 27.8. The molecule has 0 unspecified atom stereocenters. The molecule has 0 radical (unpaired) electrons. The van der Waals surface area contributed by atoms with E-state index in [1.54, 1.807) is 50.2 Å². The second-order valence-electron chi connectivity index (χ2n) is 7.65. The van der Waals surface area contributed by atoms with E-state index in [9.17, 15) is 18.0 Å². The number of carbonyl (C=O) groups is 2. The minimum Gasteiger partial charge on any atom is -0.344 e. The van der Waals surface area contributed by atoms with Crippen molar-refractivity contribution in [1.82, 2.24) is 5.32 Å². The number of rotatable bonds is 7. The molecule has 1 fully saturated rings. The topological polar surface area (TPSA) is 104 Å². The van der Waals surface area contributed by atoms with E-state index in [1.807, 2.05) is 0 Å². The molecule has 1 atom stereocenters. The van der Waals surface area contributed by atoms with Gasteiger partial charge in [0.1, 0.15) is 6.04 Å². The highest BCUT2D eigenvalue weighted by Crippen LogP contribution is 2.25. The fourth-order valence-electron chi connectivity index (χ4n) is 3.45. The van der Waals surface area contributed by atoms with Crippen LogP contribution in [0.3, 0.4) is 0 Å². The molecule has 0 aromatic heterocycles. The lowest BCUT2D eigenvalue weighted by Crippen LogP contribution is -2.43. The van der Waals surface area contributed by atoms with Crippen LogP contribution in [0.2, 0.25) is 0 Å². The lowest BCUT2D eigenvalue weighted by molar-refractivity contribution is -0.128. The Morgan fingerprint density at radius 3 is 2.37 bits per heavy atom. The highest BCUT2D eigenvalue weighted by molar-refractivity contribution is 7.92. The van der Waals surface area contributed by atoms with E-state index in [2.05, 4.69) is 15.4 Å². The summed E-state index contributed by atoms with van der Waals surface area (Å²) in [5.41, 5.74) is 1.53. The van der Waals surface area contributed by atoms with Crippen molar-refractivity contribution in [2.45, 2.75) is 50.5 Å². The first-order valence-electron chi connectivity index (χ1n) is 10.1. The van der Waals surface area contributed by atoms with E-state index < -0.39 is 16.1 Å². The van der Waals surface area contributed by atoms with E-state index in [-0.39, 0.29) is 22.6 Å². The molecule has 0 aliphatic heterocycles. The van der Waals surface area contributed by atoms with Crippen LogP contribution in [0.4, 0.5) is 11.4 Å². The first kappa shape index (κ1) is 21.8. The highest BCUT2D eigenvalue weighted by Gasteiger charge is 2.25. The minimum absolute atomic E-state index is 0.0152. The molecular formula is C22H27N3O4S. The van der Waals surface area contributed by atoms with Gasteiger partial charge >= 0.3 is 0 Å². The van der Waals surface area contributed by atoms with Gasteiger partial charge in [-0.05, 0) is 56.5 Å². The summed E-state index contributed by atoms with van der Waals surface area (Å²) in [6.07, 6.45) is 3.82. The third-order valence-electron chi connectivity index (χ3n) is 5.28. The monoisotopic (exact) mass is 429 g/mol. The van der Waals surface area contributed by atoms with Crippen LogP contribution in [0.5, 0.6) is 0 Å². The predicted octanol–water partition coefficient (Wildman–Crippen LogP) is 3.43. The van der Waals surface area contributed by atoms with Crippen molar-refractivity contribution >= 4 is 33.2 Å². The molecule has 2 aromatic rings. The zero-order valence-electron chi connectivity index (χ0n) is 17.1. The van der Waals surface area contributed by atoms with Gasteiger partial charge in [0.15, 0.2) is 0 Å². The lowest BCUT2D eigenvalue weighted by atomic mass is 10.1. The molecule has 160 valence electrons. The molecule has 30 heavy (non-hydrogen) atoms. The summed E-state index contributed by atoms with van der Waals surface area (Å²) in [6, 6.07) is 12.4. The molecule has 1 aliphatic carbocycles. The van der Waals surface area contributed by atoms with E-state index in [0.29, 0.717) is 11.4 Å². The van der Waals surface area contributed by atoms with E-state index in [0.717, 1.165) is 31.2 Å². The maximum Gasteiger partial charge on any atom is 0.261 e. The SMILES string of the molecule is Cc1ccc(NC(=O)[C@@H](C)NC(=O)C2CCCC2)cc1NS(=O)(=O)c1ccccc1. The van der Waals surface area contributed by atoms with Crippen molar-refractivity contribution in [1.29, 1.82) is 0 Å². The molecule has 7 nitrogen and oxygen atoms in total. The van der Waals surface area contributed by atoms with Gasteiger partial charge in [-0.3, -0.25) is 14.3 Å². The molecule has 0 heterocycles. The van der Waals surface area contributed by atoms with Gasteiger partial charge in [-0.2, -0.15) is 0 Å². The maximum absolute atomic E-state index is 12.6. The summed E-state index contributed by atoms with van der Waals surface area (Å²) in [4.78, 5) is 24.9. The van der Waals surface area contributed by atoms with Crippen LogP contribution in [-0.4, -0.2) is 26.3 Å². The Kier molecular flexibility index (Phi) is 6.77. The Bertz CT molecular complexity index is 1020. The van der Waals surface area contributed by atoms with Crippen molar-refractivity contribution in [2.75, 3.05) is 10.0 Å². The third-order valence-corrected chi connectivity index (χ3v) is 6.66. The quantitative estimate of drug-likeness (QED) is 0.627. The molecule has 0 saturated heterocycles. The first-order valence-corrected chi connectivity index (χ1v) is 11.5. The van der Waals surface area contributed by atoms with Crippen molar-refractivity contribution in [3.8, 4) is 0 Å². The number of sulfonamides is 1. The van der Waals surface area contributed by atoms with Gasteiger partial charge in [0.05, 0.1) is 10.6 Å². The Morgan fingerprint density at radius 2 is 1.70 bits per heavy atom. The molecule has 2 aromatic carbocycles. The van der Waals surface area contributed by atoms with Crippen LogP contribution in [0.15, 0.2) is 53.4 Å². The smallest absolute Gasteiger partial charge is 0.261 e. The summed E-state index contributed by atoms with van der Waals surface area (Å²) in [5.74, 6) is -0.462. The van der Waals surface area contributed by atoms with Crippen LogP contribution in [0.25, 0.3) is 0 Å². The number of anilines is 2. The van der Waals surface area contributed by atoms with Crippen LogP contribution >= 0.6 is 0 Å². The lowest BCUT2D eigenvalue weighted by Gasteiger charge is -2.18. The van der Waals surface area contributed by atoms with E-state index >= 15 is 0 Å². The standard InChI is InChI=1S/C22H27N3O4S/c1-15-12-13-18(14-20(15)25-30(28,29)19-10-4-3-5-11-19)24-21(26)16(2)23-22(27)17-8-6-7-9-17/h3-5,10-14,16-17,25H,6-9H2,1-2H3,(H,23,27)(H,24,26)/t16-/m1/s1. The predicted molar refractivity (Wildman–Crippen MR) is 117 cm³/mol. The largest absolute Gasteiger partial charge is 0.344 e. The number of hydrogen-bond acceptors (Lipinski definition) is 4. The van der Waals surface area contributed by atoms with E-state index in [4.69, 9.17) is 0 Å². The molecule has 1 aliphatic rings. The number of hydrogen-bond donors (Lipinski definition) is 3. The van der Waals surface area contributed by atoms with Gasteiger partial charge in [0.2, 0.25) is 11.8 Å². The third kappa shape index (κ3) is 5.38. The van der Waals surface area contributed by atoms with Crippen molar-refractivity contribution < 1.29 is 18.0 Å². The van der Waals surface area contributed by atoms with Crippen LogP contribution in [0.1, 0.15) is 38.2 Å². The second-order valence-corrected chi connectivity index (χ2v) is 9.33. The molecule has 8 heteroatoms. The van der Waals surface area contributed by atoms with Crippen LogP contribution in [-0.2, 0) is 19.6 Å². The number of aryl methyl sites for hydroxylation is 1. The Labute approximate surface area is 177 Å². The Morgan fingerprint density at radius 1 is 1.03 bits per heavy atom. The van der Waals surface area contributed by atoms with E-state index in [1.165, 1.54) is 12.1 Å². The van der Waals surface area contributed by atoms with Gasteiger partial charge < -0.3 is 10.6 Å². The van der Waals surface area contributed by atoms with Crippen LogP contribution < -0.4 is 15.4 Å². The minimum atomic E-state index is -3.74. The summed E-state index contributed by atoms with van der Waals surface area (Å²) >= 11 is 0. The fraction of sp³-hybridized carbons (Fsp3) is 0.364. The van der Waals surface area contributed by atoms with Gasteiger partial charge in [-0.25, -0.2) is 8.42 Å². The molecule has 2 amide bonds. The summed E-state index contributed by atoms with van der Waals surface area (Å²) in [6.45, 7) is 3.41. The number of nitrogens with one attached hydrogen (secondary N) is 3. The van der Waals surface area contributed by atoms with Gasteiger partial charge in [-0.1, -0.05) is 37.1 Å². The van der Waals surface area contributed by atoms with Gasteiger partial charge in [0.25, 0.3) is 10.0 Å². The van der Waals surface area contributed by atoms with Crippen molar-refractivity contribution in [3.63, 3.8) is 0 Å². The van der Waals surface area contributed by atoms with Crippen LogP contribution in [0, 0.1) is 12.8 Å². The Hall–Kier alpha value is -2.87. The zero-order valence-corrected chi connectivity index (χ0v) is 18.0. The Balaban J connectivity index is 1.67. The second kappa shape index (κ2) is 9.30. The molecule has 3 N–H and O–H groups in total. The molecule has 0 spiro atoms. The van der Waals surface area contributed by atoms with Gasteiger partial charge in [-0.15, -0.1) is 0 Å². The normalized spacial score (nSPS) is 15.4. The molecule has 3 rings (SSSR count). The number of benzene rings is 2. The average molecular weight is 430 g/mol. The number of carbonyl (C=O) groups excluding carboxylic acids is 2. The zero-order chi connectivity index (χ0) is 21.7. The maximum atomic E-state index is 12.6.